The summed E-state index contributed by atoms with van der Waals surface area (Å²) in [5.74, 6) is -0.550. The van der Waals surface area contributed by atoms with Gasteiger partial charge in [0.15, 0.2) is 17.4 Å². The molecule has 0 bridgehead atoms. The van der Waals surface area contributed by atoms with Crippen molar-refractivity contribution in [1.29, 1.82) is 0 Å². The second-order valence-electron chi connectivity index (χ2n) is 11.4. The van der Waals surface area contributed by atoms with Crippen molar-refractivity contribution in [3.8, 4) is 16.9 Å². The summed E-state index contributed by atoms with van der Waals surface area (Å²) in [5, 5.41) is 0. The zero-order chi connectivity index (χ0) is 26.2. The zero-order valence-electron chi connectivity index (χ0n) is 22.2. The maximum absolute atomic E-state index is 14.1. The fourth-order valence-corrected chi connectivity index (χ4v) is 10.3. The second-order valence-corrected chi connectivity index (χ2v) is 14.9. The molecule has 0 amide bonds. The summed E-state index contributed by atoms with van der Waals surface area (Å²) in [6, 6.07) is 14.5. The van der Waals surface area contributed by atoms with E-state index in [0.29, 0.717) is 11.1 Å². The third-order valence-corrected chi connectivity index (χ3v) is 12.5. The first-order valence-electron chi connectivity index (χ1n) is 14.5. The molecule has 1 aliphatic carbocycles. The summed E-state index contributed by atoms with van der Waals surface area (Å²) < 4.78 is 56.9. The van der Waals surface area contributed by atoms with Crippen LogP contribution in [-0.2, 0) is 6.42 Å². The lowest BCUT2D eigenvalue weighted by molar-refractivity contribution is -0.0546. The van der Waals surface area contributed by atoms with Gasteiger partial charge in [-0.05, 0) is 72.3 Å². The van der Waals surface area contributed by atoms with Crippen LogP contribution in [0.5, 0.6) is 5.75 Å². The molecule has 37 heavy (non-hydrogen) atoms. The molecular weight excluding hydrogens is 492 g/mol. The largest absolute Gasteiger partial charge is 0.429 e. The molecule has 1 heterocycles. The smallest absolute Gasteiger partial charge is 0.387 e. The number of hydrogen-bond acceptors (Lipinski definition) is 1. The van der Waals surface area contributed by atoms with E-state index in [4.69, 9.17) is 0 Å². The van der Waals surface area contributed by atoms with Gasteiger partial charge in [-0.2, -0.15) is 8.78 Å². The van der Waals surface area contributed by atoms with Crippen molar-refractivity contribution in [2.45, 2.75) is 102 Å². The van der Waals surface area contributed by atoms with Gasteiger partial charge in [0.25, 0.3) is 0 Å². The van der Waals surface area contributed by atoms with E-state index in [1.807, 2.05) is 24.3 Å². The molecule has 2 aliphatic rings. The van der Waals surface area contributed by atoms with Crippen LogP contribution in [0.15, 0.2) is 36.4 Å². The van der Waals surface area contributed by atoms with Gasteiger partial charge in [-0.15, -0.1) is 0 Å². The van der Waals surface area contributed by atoms with E-state index in [9.17, 15) is 17.6 Å². The standard InChI is InChI=1S/C31H42F4OSi/c1-2-3-4-17-37-18-15-26(16-19-37)24-11-7-22(8-12-24)5-6-23-9-13-25(14-10-23)27-20-28(32)30(29(33)21-27)36-31(34)35/h9-10,13-14,20-22,24,26,31,37H,2-8,11-12,15-19H2,1H3. The van der Waals surface area contributed by atoms with E-state index in [0.717, 1.165) is 36.3 Å². The van der Waals surface area contributed by atoms with Crippen molar-refractivity contribution < 1.29 is 22.3 Å². The van der Waals surface area contributed by atoms with Gasteiger partial charge in [-0.1, -0.05) is 94.3 Å². The van der Waals surface area contributed by atoms with E-state index >= 15 is 0 Å². The number of aryl methyl sites for hydroxylation is 1. The van der Waals surface area contributed by atoms with Crippen LogP contribution >= 0.6 is 0 Å². The molecule has 1 aliphatic heterocycles. The molecule has 2 aromatic carbocycles. The van der Waals surface area contributed by atoms with Gasteiger partial charge in [0, 0.05) is 8.80 Å². The highest BCUT2D eigenvalue weighted by Crippen LogP contribution is 2.42. The van der Waals surface area contributed by atoms with Gasteiger partial charge in [0.1, 0.15) is 0 Å². The first-order valence-corrected chi connectivity index (χ1v) is 16.9. The van der Waals surface area contributed by atoms with E-state index < -0.39 is 32.8 Å². The lowest BCUT2D eigenvalue weighted by Crippen LogP contribution is -2.28. The third-order valence-electron chi connectivity index (χ3n) is 9.00. The maximum Gasteiger partial charge on any atom is 0.387 e. The Labute approximate surface area is 221 Å². The average molecular weight is 535 g/mol. The normalized spacial score (nSPS) is 24.4. The van der Waals surface area contributed by atoms with Gasteiger partial charge < -0.3 is 4.74 Å². The molecule has 0 N–H and O–H groups in total. The number of unbranched alkanes of at least 4 members (excludes halogenated alkanes) is 2. The Bertz CT molecular complexity index is 941. The molecule has 1 nitrogen and oxygen atoms in total. The molecule has 6 heteroatoms. The minimum absolute atomic E-state index is 0.305. The van der Waals surface area contributed by atoms with Crippen LogP contribution in [0.1, 0.15) is 76.7 Å². The third kappa shape index (κ3) is 8.08. The molecule has 204 valence electrons. The van der Waals surface area contributed by atoms with Crippen LogP contribution in [0.25, 0.3) is 11.1 Å². The number of rotatable bonds is 11. The number of alkyl halides is 2. The highest BCUT2D eigenvalue weighted by atomic mass is 28.3. The lowest BCUT2D eigenvalue weighted by atomic mass is 9.73. The number of benzene rings is 2. The topological polar surface area (TPSA) is 9.23 Å². The molecule has 4 rings (SSSR count). The number of ether oxygens (including phenoxy) is 1. The van der Waals surface area contributed by atoms with Crippen LogP contribution in [0, 0.1) is 29.4 Å². The monoisotopic (exact) mass is 534 g/mol. The Balaban J connectivity index is 1.20. The molecule has 1 saturated heterocycles. The quantitative estimate of drug-likeness (QED) is 0.158. The van der Waals surface area contributed by atoms with Gasteiger partial charge in [-0.25, -0.2) is 8.78 Å². The predicted molar refractivity (Wildman–Crippen MR) is 146 cm³/mol. The van der Waals surface area contributed by atoms with Crippen LogP contribution in [0.4, 0.5) is 17.6 Å². The van der Waals surface area contributed by atoms with Gasteiger partial charge in [-0.3, -0.25) is 0 Å². The summed E-state index contributed by atoms with van der Waals surface area (Å²) in [7, 11) is -0.416. The van der Waals surface area contributed by atoms with Gasteiger partial charge in [0.2, 0.25) is 0 Å². The first kappa shape index (κ1) is 28.2. The average Bonchev–Trinajstić information content (AvgIpc) is 2.90. The SMILES string of the molecule is CCCCC[SiH]1CCC(C2CCC(CCc3ccc(-c4cc(F)c(OC(F)F)c(F)c4)cc3)CC2)CC1. The molecule has 0 atom stereocenters. The summed E-state index contributed by atoms with van der Waals surface area (Å²) in [4.78, 5) is 0. The van der Waals surface area contributed by atoms with E-state index in [2.05, 4.69) is 11.7 Å². The van der Waals surface area contributed by atoms with Crippen LogP contribution in [-0.4, -0.2) is 15.4 Å². The fourth-order valence-electron chi connectivity index (χ4n) is 6.74. The Morgan fingerprint density at radius 2 is 1.46 bits per heavy atom. The van der Waals surface area contributed by atoms with Crippen molar-refractivity contribution in [1.82, 2.24) is 0 Å². The molecule has 0 radical (unpaired) electrons. The summed E-state index contributed by atoms with van der Waals surface area (Å²) in [6.45, 7) is -0.969. The molecule has 0 spiro atoms. The van der Waals surface area contributed by atoms with E-state index in [1.54, 1.807) is 18.1 Å². The Morgan fingerprint density at radius 1 is 0.838 bits per heavy atom. The maximum atomic E-state index is 14.1. The van der Waals surface area contributed by atoms with Crippen LogP contribution < -0.4 is 4.74 Å². The first-order chi connectivity index (χ1) is 17.9. The molecule has 0 aromatic heterocycles. The highest BCUT2D eigenvalue weighted by Gasteiger charge is 2.31. The number of halogens is 4. The van der Waals surface area contributed by atoms with Gasteiger partial charge in [0.05, 0.1) is 0 Å². The molecule has 2 fully saturated rings. The van der Waals surface area contributed by atoms with E-state index in [1.165, 1.54) is 69.8 Å². The minimum Gasteiger partial charge on any atom is -0.429 e. The van der Waals surface area contributed by atoms with Gasteiger partial charge >= 0.3 is 6.61 Å². The fraction of sp³-hybridized carbons (Fsp3) is 0.613. The second kappa shape index (κ2) is 13.8. The summed E-state index contributed by atoms with van der Waals surface area (Å²) in [6.07, 6.45) is 15.0. The lowest BCUT2D eigenvalue weighted by Gasteiger charge is -2.37. The zero-order valence-corrected chi connectivity index (χ0v) is 23.3. The Hall–Kier alpha value is -1.82. The van der Waals surface area contributed by atoms with Crippen LogP contribution in [0.2, 0.25) is 18.1 Å². The Kier molecular flexibility index (Phi) is 10.5. The van der Waals surface area contributed by atoms with E-state index in [-0.39, 0.29) is 0 Å². The molecule has 0 unspecified atom stereocenters. The summed E-state index contributed by atoms with van der Waals surface area (Å²) >= 11 is 0. The molecular formula is C31H42F4OSi. The number of hydrogen-bond donors (Lipinski definition) is 0. The van der Waals surface area contributed by atoms with Crippen molar-refractivity contribution in [2.75, 3.05) is 0 Å². The van der Waals surface area contributed by atoms with Crippen molar-refractivity contribution in [3.05, 3.63) is 53.6 Å². The Morgan fingerprint density at radius 3 is 2.05 bits per heavy atom. The van der Waals surface area contributed by atoms with Crippen LogP contribution in [0.3, 0.4) is 0 Å². The van der Waals surface area contributed by atoms with Crippen molar-refractivity contribution >= 4 is 8.80 Å². The predicted octanol–water partition coefficient (Wildman–Crippen LogP) is 9.80. The summed E-state index contributed by atoms with van der Waals surface area (Å²) in [5.41, 5.74) is 2.17. The highest BCUT2D eigenvalue weighted by molar-refractivity contribution is 6.58. The van der Waals surface area contributed by atoms with Crippen molar-refractivity contribution in [2.24, 2.45) is 17.8 Å². The molecule has 2 aromatic rings. The molecule has 1 saturated carbocycles. The van der Waals surface area contributed by atoms with Crippen molar-refractivity contribution in [3.63, 3.8) is 0 Å². The minimum atomic E-state index is -3.27.